The monoisotopic (exact) mass is 725 g/mol. The number of alkyl halides is 1. The van der Waals surface area contributed by atoms with Crippen molar-refractivity contribution in [2.45, 2.75) is 38.4 Å². The van der Waals surface area contributed by atoms with Crippen LogP contribution in [0.2, 0.25) is 15.1 Å². The maximum atomic E-state index is 13.2. The zero-order valence-electron chi connectivity index (χ0n) is 27.0. The first-order chi connectivity index (χ1) is 23.7. The molecule has 1 saturated heterocycles. The molecular formula is C35H35Cl3FN7O3. The first-order valence-corrected chi connectivity index (χ1v) is 17.0. The number of hydrogen-bond donors (Lipinski definition) is 3. The SMILES string of the molecule is COc1nc(-c2cccc(-c3cccc(-c4cc5c(=O)n(C)c(CNCCCF)nn5c4)c3Cl)c2Cl)cc(Cl)c1CNCC1CCC(=O)N1. The van der Waals surface area contributed by atoms with Gasteiger partial charge in [-0.15, -0.1) is 0 Å². The summed E-state index contributed by atoms with van der Waals surface area (Å²) in [7, 11) is 3.20. The maximum absolute atomic E-state index is 13.2. The number of aromatic nitrogens is 4. The topological polar surface area (TPSA) is 115 Å². The molecule has 1 fully saturated rings. The smallest absolute Gasteiger partial charge is 0.277 e. The minimum atomic E-state index is -0.412. The van der Waals surface area contributed by atoms with Crippen LogP contribution in [0.5, 0.6) is 5.88 Å². The lowest BCUT2D eigenvalue weighted by atomic mass is 9.97. The fourth-order valence-corrected chi connectivity index (χ4v) is 6.87. The van der Waals surface area contributed by atoms with E-state index in [1.165, 1.54) is 11.7 Å². The van der Waals surface area contributed by atoms with Crippen LogP contribution < -0.4 is 26.2 Å². The van der Waals surface area contributed by atoms with E-state index in [1.807, 2.05) is 36.4 Å². The average Bonchev–Trinajstić information content (AvgIpc) is 3.72. The first-order valence-electron chi connectivity index (χ1n) is 15.9. The van der Waals surface area contributed by atoms with Crippen molar-refractivity contribution < 1.29 is 13.9 Å². The number of benzene rings is 2. The highest BCUT2D eigenvalue weighted by molar-refractivity contribution is 6.39. The molecule has 5 aromatic rings. The third-order valence-corrected chi connectivity index (χ3v) is 9.73. The Morgan fingerprint density at radius 3 is 2.41 bits per heavy atom. The van der Waals surface area contributed by atoms with Gasteiger partial charge in [-0.1, -0.05) is 71.2 Å². The second-order valence-electron chi connectivity index (χ2n) is 11.8. The van der Waals surface area contributed by atoms with Crippen LogP contribution in [0.25, 0.3) is 39.0 Å². The lowest BCUT2D eigenvalue weighted by molar-refractivity contribution is -0.119. The van der Waals surface area contributed by atoms with Crippen molar-refractivity contribution in [2.24, 2.45) is 7.05 Å². The summed E-state index contributed by atoms with van der Waals surface area (Å²) in [5.41, 5.74) is 4.85. The quantitative estimate of drug-likeness (QED) is 0.124. The lowest BCUT2D eigenvalue weighted by Gasteiger charge is -2.16. The third kappa shape index (κ3) is 7.32. The molecule has 1 amide bonds. The Morgan fingerprint density at radius 1 is 1.00 bits per heavy atom. The summed E-state index contributed by atoms with van der Waals surface area (Å²) in [6.07, 6.45) is 3.48. The number of nitrogens with one attached hydrogen (secondary N) is 3. The highest BCUT2D eigenvalue weighted by Gasteiger charge is 2.22. The van der Waals surface area contributed by atoms with E-state index in [0.29, 0.717) is 110 Å². The second kappa shape index (κ2) is 15.3. The van der Waals surface area contributed by atoms with Crippen LogP contribution in [0.4, 0.5) is 4.39 Å². The van der Waals surface area contributed by atoms with Crippen molar-refractivity contribution in [3.63, 3.8) is 0 Å². The van der Waals surface area contributed by atoms with Crippen LogP contribution in [-0.2, 0) is 24.9 Å². The normalized spacial score (nSPS) is 14.5. The van der Waals surface area contributed by atoms with E-state index >= 15 is 0 Å². The summed E-state index contributed by atoms with van der Waals surface area (Å²) in [6.45, 7) is 1.41. The molecule has 1 aliphatic rings. The number of halogens is 4. The molecule has 3 aromatic heterocycles. The summed E-state index contributed by atoms with van der Waals surface area (Å²) in [6, 6.07) is 14.8. The predicted octanol–water partition coefficient (Wildman–Crippen LogP) is 6.22. The van der Waals surface area contributed by atoms with Crippen molar-refractivity contribution >= 4 is 46.2 Å². The highest BCUT2D eigenvalue weighted by atomic mass is 35.5. The van der Waals surface area contributed by atoms with Crippen molar-refractivity contribution in [1.29, 1.82) is 0 Å². The molecule has 0 aliphatic carbocycles. The number of ether oxygens (including phenoxy) is 1. The molecule has 1 atom stereocenters. The van der Waals surface area contributed by atoms with Gasteiger partial charge in [0.05, 0.1) is 41.1 Å². The van der Waals surface area contributed by atoms with Crippen LogP contribution in [0, 0.1) is 0 Å². The molecule has 0 radical (unpaired) electrons. The second-order valence-corrected chi connectivity index (χ2v) is 13.0. The largest absolute Gasteiger partial charge is 0.481 e. The van der Waals surface area contributed by atoms with Crippen LogP contribution in [0.3, 0.4) is 0 Å². The Labute approximate surface area is 297 Å². The van der Waals surface area contributed by atoms with E-state index in [4.69, 9.17) is 44.5 Å². The van der Waals surface area contributed by atoms with Gasteiger partial charge in [0.15, 0.2) is 0 Å². The minimum Gasteiger partial charge on any atom is -0.481 e. The standard InChI is InChI=1S/C35H35Cl3FN7O3/c1-45-30(18-40-13-5-12-39)44-46-19-20(14-29(46)35(45)48)22-6-3-7-23(32(22)37)24-8-4-9-25(33(24)38)28-15-27(36)26(34(43-28)49-2)17-41-16-21-10-11-31(47)42-21/h3-4,6-9,14-15,19,21,40-41H,5,10-13,16-18H2,1-2H3,(H,42,47). The summed E-state index contributed by atoms with van der Waals surface area (Å²) in [4.78, 5) is 29.5. The molecule has 0 spiro atoms. The van der Waals surface area contributed by atoms with E-state index in [9.17, 15) is 14.0 Å². The highest BCUT2D eigenvalue weighted by Crippen LogP contribution is 2.43. The molecular weight excluding hydrogens is 692 g/mol. The molecule has 3 N–H and O–H groups in total. The Balaban J connectivity index is 1.29. The van der Waals surface area contributed by atoms with Gasteiger partial charge in [-0.3, -0.25) is 18.5 Å². The number of carbonyl (C=O) groups is 1. The zero-order valence-corrected chi connectivity index (χ0v) is 29.2. The Morgan fingerprint density at radius 2 is 1.71 bits per heavy atom. The summed E-state index contributed by atoms with van der Waals surface area (Å²) in [5.74, 6) is 0.955. The van der Waals surface area contributed by atoms with E-state index in [0.717, 1.165) is 6.42 Å². The number of nitrogens with zero attached hydrogens (tertiary/aromatic N) is 4. The van der Waals surface area contributed by atoms with Crippen LogP contribution in [-0.4, -0.2) is 58.0 Å². The van der Waals surface area contributed by atoms with Gasteiger partial charge in [-0.2, -0.15) is 5.10 Å². The van der Waals surface area contributed by atoms with Gasteiger partial charge in [0.25, 0.3) is 5.56 Å². The predicted molar refractivity (Wildman–Crippen MR) is 191 cm³/mol. The Kier molecular flexibility index (Phi) is 10.9. The van der Waals surface area contributed by atoms with Gasteiger partial charge < -0.3 is 20.7 Å². The van der Waals surface area contributed by atoms with Crippen molar-refractivity contribution in [3.05, 3.63) is 91.5 Å². The fraction of sp³-hybridized carbons (Fsp3) is 0.314. The Bertz CT molecular complexity index is 2080. The lowest BCUT2D eigenvalue weighted by Crippen LogP contribution is -2.35. The van der Waals surface area contributed by atoms with Crippen LogP contribution in [0.15, 0.2) is 59.5 Å². The molecule has 0 saturated carbocycles. The van der Waals surface area contributed by atoms with E-state index in [-0.39, 0.29) is 17.5 Å². The molecule has 49 heavy (non-hydrogen) atoms. The molecule has 0 bridgehead atoms. The summed E-state index contributed by atoms with van der Waals surface area (Å²) >= 11 is 20.9. The number of fused-ring (bicyclic) bond motifs is 1. The summed E-state index contributed by atoms with van der Waals surface area (Å²) < 4.78 is 21.2. The van der Waals surface area contributed by atoms with E-state index in [2.05, 4.69) is 21.0 Å². The fourth-order valence-electron chi connectivity index (χ4n) is 5.96. The number of hydrogen-bond acceptors (Lipinski definition) is 7. The van der Waals surface area contributed by atoms with Gasteiger partial charge in [0, 0.05) is 72.2 Å². The van der Waals surface area contributed by atoms with Gasteiger partial charge in [-0.25, -0.2) is 9.50 Å². The molecule has 256 valence electrons. The van der Waals surface area contributed by atoms with Crippen molar-refractivity contribution in [1.82, 2.24) is 35.1 Å². The van der Waals surface area contributed by atoms with Crippen LogP contribution in [0.1, 0.15) is 30.7 Å². The molecule has 4 heterocycles. The van der Waals surface area contributed by atoms with Gasteiger partial charge in [-0.05, 0) is 31.5 Å². The van der Waals surface area contributed by atoms with E-state index < -0.39 is 6.67 Å². The maximum Gasteiger partial charge on any atom is 0.277 e. The van der Waals surface area contributed by atoms with Crippen LogP contribution >= 0.6 is 34.8 Å². The first kappa shape index (κ1) is 34.8. The number of methoxy groups -OCH3 is 1. The number of amides is 1. The number of carbonyl (C=O) groups excluding carboxylic acids is 1. The van der Waals surface area contributed by atoms with Crippen molar-refractivity contribution in [3.8, 4) is 39.4 Å². The van der Waals surface area contributed by atoms with E-state index in [1.54, 1.807) is 29.9 Å². The molecule has 1 aliphatic heterocycles. The molecule has 14 heteroatoms. The number of rotatable bonds is 13. The number of pyridine rings is 1. The third-order valence-electron chi connectivity index (χ3n) is 8.58. The average molecular weight is 727 g/mol. The molecule has 10 nitrogen and oxygen atoms in total. The van der Waals surface area contributed by atoms with Gasteiger partial charge in [0.1, 0.15) is 11.3 Å². The van der Waals surface area contributed by atoms with Gasteiger partial charge >= 0.3 is 0 Å². The molecule has 2 aromatic carbocycles. The Hall–Kier alpha value is -4.00. The van der Waals surface area contributed by atoms with Crippen molar-refractivity contribution in [2.75, 3.05) is 26.9 Å². The minimum absolute atomic E-state index is 0.0643. The zero-order chi connectivity index (χ0) is 34.7. The molecule has 6 rings (SSSR count). The summed E-state index contributed by atoms with van der Waals surface area (Å²) in [5, 5.41) is 15.4. The van der Waals surface area contributed by atoms with Gasteiger partial charge in [0.2, 0.25) is 11.8 Å². The molecule has 1 unspecified atom stereocenters.